The van der Waals surface area contributed by atoms with Crippen LogP contribution < -0.4 is 0 Å². The van der Waals surface area contributed by atoms with Gasteiger partial charge in [-0.3, -0.25) is 0 Å². The lowest BCUT2D eigenvalue weighted by atomic mass is 10.3. The fourth-order valence-electron chi connectivity index (χ4n) is 1.72. The van der Waals surface area contributed by atoms with Crippen molar-refractivity contribution in [3.05, 3.63) is 12.7 Å². The highest BCUT2D eigenvalue weighted by molar-refractivity contribution is 6.60. The second kappa shape index (κ2) is 10.1. The summed E-state index contributed by atoms with van der Waals surface area (Å²) in [5.41, 5.74) is 0. The number of esters is 1. The normalized spacial score (nSPS) is 13.1. The summed E-state index contributed by atoms with van der Waals surface area (Å²) in [7, 11) is -2.77. The van der Waals surface area contributed by atoms with Crippen LogP contribution >= 0.6 is 0 Å². The van der Waals surface area contributed by atoms with Crippen LogP contribution in [0.1, 0.15) is 34.1 Å². The highest BCUT2D eigenvalue weighted by Crippen LogP contribution is 2.21. The molecular weight excluding hydrogens is 264 g/mol. The van der Waals surface area contributed by atoms with Crippen molar-refractivity contribution in [3.63, 3.8) is 0 Å². The lowest BCUT2D eigenvalue weighted by Crippen LogP contribution is -2.49. The molecule has 0 aromatic rings. The fraction of sp³-hybridized carbons (Fsp3) is 0.769. The van der Waals surface area contributed by atoms with Crippen molar-refractivity contribution in [1.29, 1.82) is 0 Å². The minimum atomic E-state index is -2.77. The molecule has 0 saturated heterocycles. The van der Waals surface area contributed by atoms with Crippen molar-refractivity contribution in [2.24, 2.45) is 0 Å². The molecule has 1 unspecified atom stereocenters. The second-order valence-electron chi connectivity index (χ2n) is 3.86. The van der Waals surface area contributed by atoms with Crippen LogP contribution in [0.15, 0.2) is 12.7 Å². The number of hydrogen-bond donors (Lipinski definition) is 0. The van der Waals surface area contributed by atoms with Crippen molar-refractivity contribution in [1.82, 2.24) is 0 Å². The first-order valence-corrected chi connectivity index (χ1v) is 8.75. The smallest absolute Gasteiger partial charge is 0.459 e. The molecule has 6 heteroatoms. The Morgan fingerprint density at radius 3 is 1.89 bits per heavy atom. The molecule has 0 spiro atoms. The molecule has 0 aliphatic carbocycles. The Kier molecular flexibility index (Phi) is 9.77. The molecule has 0 aromatic carbocycles. The molecule has 0 aliphatic heterocycles. The topological polar surface area (TPSA) is 54.0 Å². The van der Waals surface area contributed by atoms with Gasteiger partial charge in [0, 0.05) is 25.9 Å². The Balaban J connectivity index is 4.81. The van der Waals surface area contributed by atoms with E-state index in [9.17, 15) is 4.79 Å². The van der Waals surface area contributed by atoms with E-state index in [0.717, 1.165) is 6.08 Å². The maximum Gasteiger partial charge on any atom is 0.504 e. The summed E-state index contributed by atoms with van der Waals surface area (Å²) in [5.74, 6) is -0.431. The molecule has 5 nitrogen and oxygen atoms in total. The lowest BCUT2D eigenvalue weighted by molar-refractivity contribution is -0.142. The fourth-order valence-corrected chi connectivity index (χ4v) is 4.57. The van der Waals surface area contributed by atoms with Gasteiger partial charge in [-0.1, -0.05) is 13.5 Å². The monoisotopic (exact) mass is 290 g/mol. The molecule has 0 N–H and O–H groups in total. The van der Waals surface area contributed by atoms with E-state index in [0.29, 0.717) is 32.3 Å². The third kappa shape index (κ3) is 6.86. The van der Waals surface area contributed by atoms with Crippen molar-refractivity contribution in [2.45, 2.75) is 46.3 Å². The van der Waals surface area contributed by atoms with Gasteiger partial charge in [0.1, 0.15) is 6.10 Å². The maximum absolute atomic E-state index is 11.3. The van der Waals surface area contributed by atoms with Crippen molar-refractivity contribution >= 4 is 14.8 Å². The first-order valence-electron chi connectivity index (χ1n) is 6.82. The zero-order valence-corrected chi connectivity index (χ0v) is 13.4. The molecule has 0 heterocycles. The van der Waals surface area contributed by atoms with Crippen LogP contribution in [0.4, 0.5) is 0 Å². The molecule has 0 fully saturated rings. The SMILES string of the molecule is C=CC(=O)OC(CC)C[Si](OCC)(OCC)OCC. The van der Waals surface area contributed by atoms with E-state index in [1.165, 1.54) is 0 Å². The average molecular weight is 290 g/mol. The predicted molar refractivity (Wildman–Crippen MR) is 75.8 cm³/mol. The third-order valence-electron chi connectivity index (χ3n) is 2.48. The van der Waals surface area contributed by atoms with Crippen LogP contribution in [0.2, 0.25) is 6.04 Å². The van der Waals surface area contributed by atoms with E-state index < -0.39 is 14.8 Å². The van der Waals surface area contributed by atoms with Gasteiger partial charge < -0.3 is 18.0 Å². The van der Waals surface area contributed by atoms with Crippen LogP contribution in [0.5, 0.6) is 0 Å². The standard InChI is InChI=1S/C13H26O5Si/c1-6-12(18-13(14)7-2)11-19(15-8-3,16-9-4)17-10-5/h7,12H,2,6,8-11H2,1,3-5H3. The Hall–Kier alpha value is -0.693. The minimum absolute atomic E-state index is 0.276. The third-order valence-corrected chi connectivity index (χ3v) is 5.62. The largest absolute Gasteiger partial charge is 0.504 e. The molecule has 0 aromatic heterocycles. The van der Waals surface area contributed by atoms with Gasteiger partial charge in [-0.15, -0.1) is 0 Å². The maximum atomic E-state index is 11.3. The molecule has 0 saturated carbocycles. The molecule has 1 atom stereocenters. The van der Waals surface area contributed by atoms with Gasteiger partial charge in [-0.25, -0.2) is 4.79 Å². The average Bonchev–Trinajstić information content (AvgIpc) is 2.38. The summed E-state index contributed by atoms with van der Waals surface area (Å²) in [4.78, 5) is 11.3. The molecular formula is C13H26O5Si. The molecule has 19 heavy (non-hydrogen) atoms. The van der Waals surface area contributed by atoms with E-state index >= 15 is 0 Å². The molecule has 112 valence electrons. The minimum Gasteiger partial charge on any atom is -0.459 e. The highest BCUT2D eigenvalue weighted by Gasteiger charge is 2.43. The van der Waals surface area contributed by atoms with Gasteiger partial charge in [-0.2, -0.15) is 0 Å². The number of carbonyl (C=O) groups excluding carboxylic acids is 1. The van der Waals surface area contributed by atoms with Crippen molar-refractivity contribution in [2.75, 3.05) is 19.8 Å². The van der Waals surface area contributed by atoms with Gasteiger partial charge >= 0.3 is 14.8 Å². The molecule has 0 radical (unpaired) electrons. The molecule has 0 rings (SSSR count). The molecule has 0 aliphatic rings. The number of carbonyl (C=O) groups is 1. The van der Waals surface area contributed by atoms with Gasteiger partial charge in [0.25, 0.3) is 0 Å². The van der Waals surface area contributed by atoms with Crippen LogP contribution in [-0.2, 0) is 22.8 Å². The Morgan fingerprint density at radius 2 is 1.58 bits per heavy atom. The highest BCUT2D eigenvalue weighted by atomic mass is 28.4. The van der Waals surface area contributed by atoms with E-state index in [1.54, 1.807) is 0 Å². The summed E-state index contributed by atoms with van der Waals surface area (Å²) in [6, 6.07) is 0.471. The van der Waals surface area contributed by atoms with E-state index in [1.807, 2.05) is 27.7 Å². The summed E-state index contributed by atoms with van der Waals surface area (Å²) in [6.07, 6.45) is 1.57. The zero-order chi connectivity index (χ0) is 14.7. The Bertz CT molecular complexity index is 253. The summed E-state index contributed by atoms with van der Waals surface area (Å²) in [6.45, 7) is 12.6. The van der Waals surface area contributed by atoms with Crippen molar-refractivity contribution in [3.8, 4) is 0 Å². The van der Waals surface area contributed by atoms with Crippen LogP contribution in [-0.4, -0.2) is 40.7 Å². The van der Waals surface area contributed by atoms with E-state index in [2.05, 4.69) is 6.58 Å². The first-order chi connectivity index (χ1) is 9.07. The number of ether oxygens (including phenoxy) is 1. The first kappa shape index (κ1) is 18.3. The summed E-state index contributed by atoms with van der Waals surface area (Å²) >= 11 is 0. The van der Waals surface area contributed by atoms with Crippen LogP contribution in [0.25, 0.3) is 0 Å². The quantitative estimate of drug-likeness (QED) is 0.332. The summed E-state index contributed by atoms with van der Waals surface area (Å²) < 4.78 is 22.5. The van der Waals surface area contributed by atoms with E-state index in [4.69, 9.17) is 18.0 Å². The number of hydrogen-bond acceptors (Lipinski definition) is 5. The molecule has 0 amide bonds. The van der Waals surface area contributed by atoms with Crippen LogP contribution in [0, 0.1) is 0 Å². The van der Waals surface area contributed by atoms with Gasteiger partial charge in [0.05, 0.1) is 6.04 Å². The Morgan fingerprint density at radius 1 is 1.11 bits per heavy atom. The van der Waals surface area contributed by atoms with Crippen LogP contribution in [0.3, 0.4) is 0 Å². The lowest BCUT2D eigenvalue weighted by Gasteiger charge is -2.31. The van der Waals surface area contributed by atoms with Gasteiger partial charge in [0.2, 0.25) is 0 Å². The summed E-state index contributed by atoms with van der Waals surface area (Å²) in [5, 5.41) is 0. The van der Waals surface area contributed by atoms with E-state index in [-0.39, 0.29) is 6.10 Å². The zero-order valence-electron chi connectivity index (χ0n) is 12.4. The van der Waals surface area contributed by atoms with Gasteiger partial charge in [0.15, 0.2) is 0 Å². The number of rotatable bonds is 11. The van der Waals surface area contributed by atoms with Gasteiger partial charge in [-0.05, 0) is 27.2 Å². The predicted octanol–water partition coefficient (Wildman–Crippen LogP) is 2.54. The second-order valence-corrected chi connectivity index (χ2v) is 6.50. The van der Waals surface area contributed by atoms with Crippen molar-refractivity contribution < 1.29 is 22.8 Å². The molecule has 0 bridgehead atoms. The Labute approximate surface area is 117 Å².